The van der Waals surface area contributed by atoms with Gasteiger partial charge in [0.1, 0.15) is 5.75 Å². The van der Waals surface area contributed by atoms with Crippen molar-refractivity contribution in [2.45, 2.75) is 19.7 Å². The lowest BCUT2D eigenvalue weighted by Crippen LogP contribution is -2.18. The van der Waals surface area contributed by atoms with Gasteiger partial charge in [0.05, 0.1) is 17.1 Å². The van der Waals surface area contributed by atoms with E-state index in [1.54, 1.807) is 5.38 Å². The molecule has 21 heavy (non-hydrogen) atoms. The van der Waals surface area contributed by atoms with Crippen molar-refractivity contribution in [1.82, 2.24) is 4.98 Å². The number of ether oxygens (including phenoxy) is 1. The summed E-state index contributed by atoms with van der Waals surface area (Å²) in [6.45, 7) is 1.82. The van der Waals surface area contributed by atoms with E-state index in [1.165, 1.54) is 23.5 Å². The number of rotatable bonds is 4. The molecule has 0 fully saturated rings. The van der Waals surface area contributed by atoms with Gasteiger partial charge in [-0.25, -0.2) is 4.98 Å². The standard InChI is InChI=1S/C13H11F3N2O2S/c1-8-17-10(7-21-8)6-12(19)18-9-3-2-4-11(5-9)20-13(14,15)16/h2-5,7H,6H2,1H3,(H,18,19). The van der Waals surface area contributed by atoms with E-state index in [1.807, 2.05) is 6.92 Å². The van der Waals surface area contributed by atoms with Gasteiger partial charge in [0.15, 0.2) is 0 Å². The number of hydrogen-bond acceptors (Lipinski definition) is 4. The molecule has 0 saturated heterocycles. The number of alkyl halides is 3. The molecule has 1 amide bonds. The second kappa shape index (κ2) is 6.13. The van der Waals surface area contributed by atoms with Crippen LogP contribution in [0.4, 0.5) is 18.9 Å². The topological polar surface area (TPSA) is 51.2 Å². The Balaban J connectivity index is 1.99. The molecule has 0 radical (unpaired) electrons. The Morgan fingerprint density at radius 1 is 1.43 bits per heavy atom. The first kappa shape index (κ1) is 15.3. The highest BCUT2D eigenvalue weighted by atomic mass is 32.1. The number of aryl methyl sites for hydroxylation is 1. The van der Waals surface area contributed by atoms with E-state index in [0.717, 1.165) is 17.1 Å². The first-order valence-corrected chi connectivity index (χ1v) is 6.76. The molecule has 1 heterocycles. The minimum Gasteiger partial charge on any atom is -0.406 e. The smallest absolute Gasteiger partial charge is 0.406 e. The van der Waals surface area contributed by atoms with Crippen LogP contribution in [0, 0.1) is 6.92 Å². The summed E-state index contributed by atoms with van der Waals surface area (Å²) in [7, 11) is 0. The third-order valence-corrected chi connectivity index (χ3v) is 3.18. The molecule has 2 rings (SSSR count). The van der Waals surface area contributed by atoms with Crippen molar-refractivity contribution in [2.24, 2.45) is 0 Å². The van der Waals surface area contributed by atoms with E-state index in [-0.39, 0.29) is 23.8 Å². The van der Waals surface area contributed by atoms with Crippen LogP contribution < -0.4 is 10.1 Å². The van der Waals surface area contributed by atoms with Gasteiger partial charge < -0.3 is 10.1 Å². The van der Waals surface area contributed by atoms with Crippen LogP contribution in [0.15, 0.2) is 29.6 Å². The minimum atomic E-state index is -4.76. The van der Waals surface area contributed by atoms with Crippen molar-refractivity contribution in [2.75, 3.05) is 5.32 Å². The molecular weight excluding hydrogens is 305 g/mol. The van der Waals surface area contributed by atoms with Gasteiger partial charge in [0, 0.05) is 17.1 Å². The highest BCUT2D eigenvalue weighted by Gasteiger charge is 2.31. The number of benzene rings is 1. The number of hydrogen-bond donors (Lipinski definition) is 1. The minimum absolute atomic E-state index is 0.0642. The van der Waals surface area contributed by atoms with Gasteiger partial charge in [0.25, 0.3) is 0 Å². The maximum absolute atomic E-state index is 12.1. The number of amides is 1. The molecule has 112 valence electrons. The van der Waals surface area contributed by atoms with E-state index in [0.29, 0.717) is 5.69 Å². The number of carbonyl (C=O) groups is 1. The molecule has 1 N–H and O–H groups in total. The van der Waals surface area contributed by atoms with Gasteiger partial charge in [0.2, 0.25) is 5.91 Å². The first-order chi connectivity index (χ1) is 9.82. The zero-order valence-corrected chi connectivity index (χ0v) is 11.7. The number of carbonyl (C=O) groups excluding carboxylic acids is 1. The Morgan fingerprint density at radius 3 is 2.81 bits per heavy atom. The molecule has 0 atom stereocenters. The summed E-state index contributed by atoms with van der Waals surface area (Å²) in [6.07, 6.45) is -4.70. The Labute approximate surface area is 122 Å². The first-order valence-electron chi connectivity index (χ1n) is 5.88. The van der Waals surface area contributed by atoms with E-state index >= 15 is 0 Å². The summed E-state index contributed by atoms with van der Waals surface area (Å²) in [5.41, 5.74) is 0.853. The number of anilines is 1. The highest BCUT2D eigenvalue weighted by molar-refractivity contribution is 7.09. The van der Waals surface area contributed by atoms with Crippen LogP contribution in [-0.4, -0.2) is 17.3 Å². The number of nitrogens with zero attached hydrogens (tertiary/aromatic N) is 1. The van der Waals surface area contributed by atoms with Crippen molar-refractivity contribution < 1.29 is 22.7 Å². The zero-order valence-electron chi connectivity index (χ0n) is 10.9. The van der Waals surface area contributed by atoms with E-state index in [4.69, 9.17) is 0 Å². The van der Waals surface area contributed by atoms with Crippen LogP contribution in [0.1, 0.15) is 10.7 Å². The summed E-state index contributed by atoms with van der Waals surface area (Å²) < 4.78 is 40.1. The Bertz CT molecular complexity index is 640. The molecule has 0 spiro atoms. The summed E-state index contributed by atoms with van der Waals surface area (Å²) >= 11 is 1.43. The number of halogens is 3. The Morgan fingerprint density at radius 2 is 2.19 bits per heavy atom. The summed E-state index contributed by atoms with van der Waals surface area (Å²) in [6, 6.07) is 5.11. The van der Waals surface area contributed by atoms with Crippen molar-refractivity contribution in [3.05, 3.63) is 40.3 Å². The van der Waals surface area contributed by atoms with E-state index < -0.39 is 6.36 Å². The fourth-order valence-electron chi connectivity index (χ4n) is 1.63. The molecule has 4 nitrogen and oxygen atoms in total. The van der Waals surface area contributed by atoms with Crippen LogP contribution in [0.25, 0.3) is 0 Å². The molecule has 0 saturated carbocycles. The van der Waals surface area contributed by atoms with Crippen LogP contribution in [0.3, 0.4) is 0 Å². The molecule has 0 bridgehead atoms. The molecule has 1 aromatic heterocycles. The molecule has 2 aromatic rings. The average Bonchev–Trinajstić information content (AvgIpc) is 2.72. The predicted octanol–water partition coefficient (Wildman–Crippen LogP) is 3.53. The number of thiazole rings is 1. The Kier molecular flexibility index (Phi) is 4.46. The molecular formula is C13H11F3N2O2S. The molecule has 0 unspecified atom stereocenters. The lowest BCUT2D eigenvalue weighted by molar-refractivity contribution is -0.274. The van der Waals surface area contributed by atoms with Crippen molar-refractivity contribution in [3.8, 4) is 5.75 Å². The summed E-state index contributed by atoms with van der Waals surface area (Å²) in [5.74, 6) is -0.741. The van der Waals surface area contributed by atoms with Crippen LogP contribution >= 0.6 is 11.3 Å². The van der Waals surface area contributed by atoms with Gasteiger partial charge in [-0.15, -0.1) is 24.5 Å². The van der Waals surface area contributed by atoms with Crippen LogP contribution in [0.2, 0.25) is 0 Å². The van der Waals surface area contributed by atoms with Gasteiger partial charge in [-0.3, -0.25) is 4.79 Å². The zero-order chi connectivity index (χ0) is 15.5. The van der Waals surface area contributed by atoms with Gasteiger partial charge in [-0.05, 0) is 19.1 Å². The third kappa shape index (κ3) is 5.07. The maximum Gasteiger partial charge on any atom is 0.573 e. The fraction of sp³-hybridized carbons (Fsp3) is 0.231. The maximum atomic E-state index is 12.1. The third-order valence-electron chi connectivity index (χ3n) is 2.36. The number of aromatic nitrogens is 1. The van der Waals surface area contributed by atoms with Crippen molar-refractivity contribution in [1.29, 1.82) is 0 Å². The molecule has 1 aromatic carbocycles. The fourth-order valence-corrected chi connectivity index (χ4v) is 2.24. The lowest BCUT2D eigenvalue weighted by Gasteiger charge is -2.10. The van der Waals surface area contributed by atoms with Gasteiger partial charge in [-0.2, -0.15) is 0 Å². The molecule has 0 aliphatic heterocycles. The monoisotopic (exact) mass is 316 g/mol. The molecule has 0 aliphatic carbocycles. The lowest BCUT2D eigenvalue weighted by atomic mass is 10.2. The average molecular weight is 316 g/mol. The van der Waals surface area contributed by atoms with Crippen molar-refractivity contribution >= 4 is 22.9 Å². The van der Waals surface area contributed by atoms with Crippen molar-refractivity contribution in [3.63, 3.8) is 0 Å². The van der Waals surface area contributed by atoms with Crippen LogP contribution in [-0.2, 0) is 11.2 Å². The SMILES string of the molecule is Cc1nc(CC(=O)Nc2cccc(OC(F)(F)F)c2)cs1. The normalized spacial score (nSPS) is 11.2. The second-order valence-corrected chi connectivity index (χ2v) is 5.22. The number of nitrogens with one attached hydrogen (secondary N) is 1. The molecule has 0 aliphatic rings. The van der Waals surface area contributed by atoms with Gasteiger partial charge in [-0.1, -0.05) is 6.07 Å². The van der Waals surface area contributed by atoms with Crippen LogP contribution in [0.5, 0.6) is 5.75 Å². The molecule has 8 heteroatoms. The Hall–Kier alpha value is -2.09. The van der Waals surface area contributed by atoms with E-state index in [9.17, 15) is 18.0 Å². The second-order valence-electron chi connectivity index (χ2n) is 4.16. The quantitative estimate of drug-likeness (QED) is 0.939. The predicted molar refractivity (Wildman–Crippen MR) is 72.3 cm³/mol. The summed E-state index contributed by atoms with van der Waals surface area (Å²) in [4.78, 5) is 15.9. The summed E-state index contributed by atoms with van der Waals surface area (Å²) in [5, 5.41) is 5.11. The van der Waals surface area contributed by atoms with Gasteiger partial charge >= 0.3 is 6.36 Å². The largest absolute Gasteiger partial charge is 0.573 e. The highest BCUT2D eigenvalue weighted by Crippen LogP contribution is 2.25. The van der Waals surface area contributed by atoms with E-state index in [2.05, 4.69) is 15.0 Å².